The number of nitrogens with one attached hydrogen (secondary N) is 1. The molecule has 3 saturated heterocycles. The molecule has 46 heavy (non-hydrogen) atoms. The van der Waals surface area contributed by atoms with Crippen LogP contribution in [0, 0.1) is 0 Å². The number of aryl methyl sites for hydroxylation is 1. The first-order valence-electron chi connectivity index (χ1n) is 16.0. The molecule has 6 heterocycles. The number of carbonyl (C=O) groups is 1. The van der Waals surface area contributed by atoms with Crippen molar-refractivity contribution in [2.24, 2.45) is 14.1 Å². The van der Waals surface area contributed by atoms with Crippen LogP contribution < -0.4 is 15.8 Å². The number of hydrogen-bond acceptors (Lipinski definition) is 8. The molecular formula is C32H40Cl2N8O4. The third kappa shape index (κ3) is 5.22. The molecule has 3 fully saturated rings. The molecule has 3 aliphatic rings. The molecule has 4 aromatic rings. The maximum absolute atomic E-state index is 14.4. The van der Waals surface area contributed by atoms with Gasteiger partial charge in [-0.2, -0.15) is 15.2 Å². The Morgan fingerprint density at radius 2 is 1.78 bits per heavy atom. The molecule has 1 N–H and O–H groups in total. The largest absolute Gasteiger partial charge is 0.444 e. The smallest absolute Gasteiger partial charge is 0.408 e. The lowest BCUT2D eigenvalue weighted by Crippen LogP contribution is -2.59. The number of fused-ring (bicyclic) bond motifs is 4. The first-order valence-corrected chi connectivity index (χ1v) is 16.7. The Morgan fingerprint density at radius 3 is 2.43 bits per heavy atom. The van der Waals surface area contributed by atoms with Crippen LogP contribution in [0.15, 0.2) is 16.9 Å². The molecule has 3 aliphatic heterocycles. The third-order valence-corrected chi connectivity index (χ3v) is 10.3. The van der Waals surface area contributed by atoms with Crippen molar-refractivity contribution in [3.05, 3.63) is 32.7 Å². The number of nitrogens with zero attached hydrogens (tertiary/aromatic N) is 7. The molecule has 2 bridgehead atoms. The van der Waals surface area contributed by atoms with Gasteiger partial charge in [-0.05, 0) is 84.8 Å². The lowest BCUT2D eigenvalue weighted by molar-refractivity contribution is -0.0368. The van der Waals surface area contributed by atoms with Gasteiger partial charge in [0.05, 0.1) is 15.9 Å². The topological polar surface area (TPSA) is 121 Å². The van der Waals surface area contributed by atoms with Crippen molar-refractivity contribution in [1.29, 1.82) is 0 Å². The van der Waals surface area contributed by atoms with Gasteiger partial charge in [-0.25, -0.2) is 9.48 Å². The van der Waals surface area contributed by atoms with Crippen LogP contribution in [-0.4, -0.2) is 65.0 Å². The molecule has 1 aromatic carbocycles. The van der Waals surface area contributed by atoms with E-state index in [9.17, 15) is 9.59 Å². The monoisotopic (exact) mass is 670 g/mol. The Labute approximate surface area is 276 Å². The van der Waals surface area contributed by atoms with E-state index in [2.05, 4.69) is 22.2 Å². The van der Waals surface area contributed by atoms with Crippen molar-refractivity contribution in [2.45, 2.75) is 102 Å². The number of ether oxygens (including phenoxy) is 2. The molecule has 0 spiro atoms. The van der Waals surface area contributed by atoms with Gasteiger partial charge >= 0.3 is 6.09 Å². The molecule has 14 heteroatoms. The second-order valence-corrected chi connectivity index (χ2v) is 14.9. The number of benzene rings is 1. The first-order chi connectivity index (χ1) is 21.7. The molecule has 4 atom stereocenters. The number of piperidine rings is 1. The second kappa shape index (κ2) is 11.1. The SMILES string of the molecule is Cn1nc2ccc(-c3nn(C4CCCCO4)c4nc(N5[C@@H]6CC[C@H]5CC(C)(NC(=O)OC(C)(C)C)C6)n(C)c(=O)c34)c(Cl)c2c1Cl. The molecular weight excluding hydrogens is 631 g/mol. The van der Waals surface area contributed by atoms with E-state index in [4.69, 9.17) is 42.8 Å². The summed E-state index contributed by atoms with van der Waals surface area (Å²) < 4.78 is 16.7. The van der Waals surface area contributed by atoms with E-state index >= 15 is 0 Å². The Hall–Kier alpha value is -3.35. The van der Waals surface area contributed by atoms with Crippen molar-refractivity contribution in [2.75, 3.05) is 11.5 Å². The van der Waals surface area contributed by atoms with Crippen LogP contribution in [0.25, 0.3) is 33.2 Å². The second-order valence-electron chi connectivity index (χ2n) is 14.2. The summed E-state index contributed by atoms with van der Waals surface area (Å²) in [5.41, 5.74) is 0.896. The van der Waals surface area contributed by atoms with E-state index in [0.29, 0.717) is 68.8 Å². The summed E-state index contributed by atoms with van der Waals surface area (Å²) >= 11 is 13.6. The number of anilines is 1. The van der Waals surface area contributed by atoms with Gasteiger partial charge in [0.25, 0.3) is 5.56 Å². The third-order valence-electron chi connectivity index (χ3n) is 9.49. The summed E-state index contributed by atoms with van der Waals surface area (Å²) in [6, 6.07) is 3.84. The number of halogens is 2. The molecule has 0 saturated carbocycles. The zero-order valence-corrected chi connectivity index (χ0v) is 28.6. The van der Waals surface area contributed by atoms with Gasteiger partial charge in [-0.15, -0.1) is 0 Å². The van der Waals surface area contributed by atoms with Crippen LogP contribution >= 0.6 is 23.2 Å². The number of alkyl carbamates (subject to hydrolysis) is 1. The number of aromatic nitrogens is 6. The minimum absolute atomic E-state index is 0.0839. The zero-order valence-electron chi connectivity index (χ0n) is 27.1. The molecule has 0 aliphatic carbocycles. The predicted octanol–water partition coefficient (Wildman–Crippen LogP) is 6.10. The first kappa shape index (κ1) is 31.3. The fourth-order valence-electron chi connectivity index (χ4n) is 7.55. The fourth-order valence-corrected chi connectivity index (χ4v) is 8.17. The number of rotatable bonds is 4. The number of hydrogen-bond donors (Lipinski definition) is 1. The van der Waals surface area contributed by atoms with E-state index in [-0.39, 0.29) is 23.9 Å². The maximum atomic E-state index is 14.4. The summed E-state index contributed by atoms with van der Waals surface area (Å²) in [6.45, 7) is 8.26. The summed E-state index contributed by atoms with van der Waals surface area (Å²) in [7, 11) is 3.52. The highest BCUT2D eigenvalue weighted by Gasteiger charge is 2.48. The number of carbonyl (C=O) groups excluding carboxylic acids is 1. The van der Waals surface area contributed by atoms with Crippen LogP contribution in [0.2, 0.25) is 10.2 Å². The predicted molar refractivity (Wildman–Crippen MR) is 178 cm³/mol. The number of amides is 1. The normalized spacial score (nSPS) is 25.0. The standard InChI is InChI=1S/C32H40Cl2N8O4/c1-31(2,3)46-30(44)36-32(4)15-17-10-11-18(16-32)41(17)29-35-27-23(28(43)39(29)5)25(38-42(27)21-9-7-8-14-45-21)19-12-13-20-22(24(19)33)26(34)40(6)37-20/h12-13,17-18,21H,7-11,14-16H2,1-6H3,(H,36,44)/t17-,18+,21?,32?. The van der Waals surface area contributed by atoms with Gasteiger partial charge in [0.1, 0.15) is 21.8 Å². The van der Waals surface area contributed by atoms with E-state index in [1.807, 2.05) is 32.9 Å². The highest BCUT2D eigenvalue weighted by molar-refractivity contribution is 6.43. The van der Waals surface area contributed by atoms with E-state index in [1.165, 1.54) is 0 Å². The highest BCUT2D eigenvalue weighted by Crippen LogP contribution is 2.44. The van der Waals surface area contributed by atoms with Gasteiger partial charge in [0.2, 0.25) is 5.95 Å². The molecule has 2 unspecified atom stereocenters. The zero-order chi connectivity index (χ0) is 32.7. The van der Waals surface area contributed by atoms with Crippen molar-refractivity contribution in [1.82, 2.24) is 34.4 Å². The molecule has 7 rings (SSSR count). The van der Waals surface area contributed by atoms with E-state index in [1.54, 1.807) is 28.0 Å². The summed E-state index contributed by atoms with van der Waals surface area (Å²) in [4.78, 5) is 34.6. The van der Waals surface area contributed by atoms with Crippen LogP contribution in [0.5, 0.6) is 0 Å². The Balaban J connectivity index is 1.33. The van der Waals surface area contributed by atoms with Crippen molar-refractivity contribution in [3.8, 4) is 11.3 Å². The molecule has 12 nitrogen and oxygen atoms in total. The van der Waals surface area contributed by atoms with E-state index in [0.717, 1.165) is 32.1 Å². The summed E-state index contributed by atoms with van der Waals surface area (Å²) in [5.74, 6) is 0.588. The van der Waals surface area contributed by atoms with Gasteiger partial charge in [-0.3, -0.25) is 14.0 Å². The van der Waals surface area contributed by atoms with Gasteiger partial charge in [0, 0.05) is 43.9 Å². The maximum Gasteiger partial charge on any atom is 0.408 e. The van der Waals surface area contributed by atoms with E-state index < -0.39 is 17.2 Å². The van der Waals surface area contributed by atoms with Crippen LogP contribution in [0.3, 0.4) is 0 Å². The Bertz CT molecular complexity index is 1910. The Kier molecular flexibility index (Phi) is 7.56. The quantitative estimate of drug-likeness (QED) is 0.276. The fraction of sp³-hybridized carbons (Fsp3) is 0.594. The van der Waals surface area contributed by atoms with Crippen molar-refractivity contribution in [3.63, 3.8) is 0 Å². The molecule has 1 amide bonds. The lowest BCUT2D eigenvalue weighted by Gasteiger charge is -2.45. The molecule has 0 radical (unpaired) electrons. The average Bonchev–Trinajstić information content (AvgIpc) is 3.59. The minimum Gasteiger partial charge on any atom is -0.444 e. The highest BCUT2D eigenvalue weighted by atomic mass is 35.5. The van der Waals surface area contributed by atoms with Gasteiger partial charge < -0.3 is 19.7 Å². The van der Waals surface area contributed by atoms with Crippen LogP contribution in [-0.2, 0) is 23.6 Å². The van der Waals surface area contributed by atoms with Crippen molar-refractivity contribution >= 4 is 57.2 Å². The molecule has 3 aromatic heterocycles. The molecule has 246 valence electrons. The van der Waals surface area contributed by atoms with Crippen molar-refractivity contribution < 1.29 is 14.3 Å². The average molecular weight is 672 g/mol. The van der Waals surface area contributed by atoms with Gasteiger partial charge in [0.15, 0.2) is 11.9 Å². The minimum atomic E-state index is -0.582. The lowest BCUT2D eigenvalue weighted by atomic mass is 9.84. The Morgan fingerprint density at radius 1 is 1.07 bits per heavy atom. The van der Waals surface area contributed by atoms with Gasteiger partial charge in [-0.1, -0.05) is 23.2 Å². The van der Waals surface area contributed by atoms with Crippen LogP contribution in [0.4, 0.5) is 10.7 Å². The van der Waals surface area contributed by atoms with Crippen LogP contribution in [0.1, 0.15) is 78.9 Å². The summed E-state index contributed by atoms with van der Waals surface area (Å²) in [5, 5.41) is 14.4. The summed E-state index contributed by atoms with van der Waals surface area (Å²) in [6.07, 6.45) is 5.21.